The van der Waals surface area contributed by atoms with Gasteiger partial charge in [-0.3, -0.25) is 0 Å². The van der Waals surface area contributed by atoms with Gasteiger partial charge in [0.05, 0.1) is 18.1 Å². The van der Waals surface area contributed by atoms with Gasteiger partial charge in [0.15, 0.2) is 0 Å². The SMILES string of the molecule is C=COC(OC)(C1C=CC=C1)C1C=CC=C1. The molecule has 2 aliphatic rings. The first-order valence-electron chi connectivity index (χ1n) is 5.37. The maximum absolute atomic E-state index is 5.68. The minimum Gasteiger partial charge on any atom is -0.469 e. The first kappa shape index (κ1) is 11.0. The molecule has 0 atom stereocenters. The molecule has 0 saturated carbocycles. The Morgan fingerprint density at radius 2 is 1.44 bits per heavy atom. The first-order valence-corrected chi connectivity index (χ1v) is 5.37. The van der Waals surface area contributed by atoms with Gasteiger partial charge in [0.2, 0.25) is 5.79 Å². The fourth-order valence-corrected chi connectivity index (χ4v) is 2.23. The fourth-order valence-electron chi connectivity index (χ4n) is 2.23. The zero-order valence-electron chi connectivity index (χ0n) is 9.37. The standard InChI is InChI=1S/C14H16O2/c1-3-16-14(15-2,12-8-4-5-9-12)13-10-6-7-11-13/h3-13H,1H2,2H3. The molecule has 2 rings (SSSR count). The van der Waals surface area contributed by atoms with Crippen LogP contribution in [0.25, 0.3) is 0 Å². The molecule has 2 nitrogen and oxygen atoms in total. The molecule has 84 valence electrons. The molecule has 0 unspecified atom stereocenters. The molecule has 0 amide bonds. The van der Waals surface area contributed by atoms with E-state index < -0.39 is 5.79 Å². The third-order valence-corrected chi connectivity index (χ3v) is 3.01. The summed E-state index contributed by atoms with van der Waals surface area (Å²) in [7, 11) is 1.67. The van der Waals surface area contributed by atoms with Gasteiger partial charge in [-0.25, -0.2) is 0 Å². The Labute approximate surface area is 96.3 Å². The lowest BCUT2D eigenvalue weighted by molar-refractivity contribution is -0.220. The van der Waals surface area contributed by atoms with Crippen LogP contribution in [-0.4, -0.2) is 12.9 Å². The van der Waals surface area contributed by atoms with Crippen LogP contribution >= 0.6 is 0 Å². The van der Waals surface area contributed by atoms with E-state index in [1.807, 2.05) is 24.3 Å². The van der Waals surface area contributed by atoms with Gasteiger partial charge in [0.25, 0.3) is 0 Å². The largest absolute Gasteiger partial charge is 0.469 e. The van der Waals surface area contributed by atoms with Crippen molar-refractivity contribution in [3.05, 3.63) is 61.4 Å². The molecule has 0 N–H and O–H groups in total. The minimum absolute atomic E-state index is 0.105. The van der Waals surface area contributed by atoms with Gasteiger partial charge in [-0.1, -0.05) is 55.2 Å². The van der Waals surface area contributed by atoms with Crippen molar-refractivity contribution in [3.63, 3.8) is 0 Å². The summed E-state index contributed by atoms with van der Waals surface area (Å²) in [6.07, 6.45) is 17.8. The number of ether oxygens (including phenoxy) is 2. The average Bonchev–Trinajstić information content (AvgIpc) is 2.98. The van der Waals surface area contributed by atoms with E-state index in [9.17, 15) is 0 Å². The Hall–Kier alpha value is -1.54. The molecule has 0 aromatic carbocycles. The van der Waals surface area contributed by atoms with Crippen LogP contribution in [0, 0.1) is 11.8 Å². The monoisotopic (exact) mass is 216 g/mol. The lowest BCUT2D eigenvalue weighted by Crippen LogP contribution is -2.45. The Morgan fingerprint density at radius 1 is 1.00 bits per heavy atom. The summed E-state index contributed by atoms with van der Waals surface area (Å²) in [5.74, 6) is -0.504. The van der Waals surface area contributed by atoms with Crippen LogP contribution in [0.4, 0.5) is 0 Å². The van der Waals surface area contributed by atoms with Crippen LogP contribution in [0.2, 0.25) is 0 Å². The smallest absolute Gasteiger partial charge is 0.228 e. The van der Waals surface area contributed by atoms with Crippen molar-refractivity contribution in [1.29, 1.82) is 0 Å². The van der Waals surface area contributed by atoms with Gasteiger partial charge in [-0.15, -0.1) is 0 Å². The summed E-state index contributed by atoms with van der Waals surface area (Å²) < 4.78 is 11.3. The second-order valence-corrected chi connectivity index (χ2v) is 3.80. The predicted molar refractivity (Wildman–Crippen MR) is 64.6 cm³/mol. The van der Waals surface area contributed by atoms with Crippen molar-refractivity contribution in [2.45, 2.75) is 5.79 Å². The maximum Gasteiger partial charge on any atom is 0.228 e. The fraction of sp³-hybridized carbons (Fsp3) is 0.286. The molecule has 0 bridgehead atoms. The summed E-state index contributed by atoms with van der Waals surface area (Å²) in [4.78, 5) is 0. The highest BCUT2D eigenvalue weighted by atomic mass is 16.7. The Morgan fingerprint density at radius 3 is 1.75 bits per heavy atom. The molecule has 0 aliphatic heterocycles. The van der Waals surface area contributed by atoms with Crippen molar-refractivity contribution in [1.82, 2.24) is 0 Å². The van der Waals surface area contributed by atoms with E-state index in [1.165, 1.54) is 6.26 Å². The van der Waals surface area contributed by atoms with E-state index in [-0.39, 0.29) is 11.8 Å². The van der Waals surface area contributed by atoms with E-state index in [2.05, 4.69) is 30.9 Å². The van der Waals surface area contributed by atoms with E-state index in [1.54, 1.807) is 7.11 Å². The van der Waals surface area contributed by atoms with Crippen LogP contribution in [0.3, 0.4) is 0 Å². The average molecular weight is 216 g/mol. The lowest BCUT2D eigenvalue weighted by atomic mass is 9.88. The van der Waals surface area contributed by atoms with Crippen molar-refractivity contribution in [2.75, 3.05) is 7.11 Å². The molecule has 2 aliphatic carbocycles. The summed E-state index contributed by atoms with van der Waals surface area (Å²) in [5.41, 5.74) is 0. The third-order valence-electron chi connectivity index (χ3n) is 3.01. The molecule has 16 heavy (non-hydrogen) atoms. The van der Waals surface area contributed by atoms with Crippen LogP contribution in [0.1, 0.15) is 0 Å². The van der Waals surface area contributed by atoms with Crippen LogP contribution < -0.4 is 0 Å². The Kier molecular flexibility index (Phi) is 3.11. The van der Waals surface area contributed by atoms with E-state index in [0.717, 1.165) is 0 Å². The highest BCUT2D eigenvalue weighted by molar-refractivity contribution is 5.28. The maximum atomic E-state index is 5.68. The quantitative estimate of drug-likeness (QED) is 0.519. The highest BCUT2D eigenvalue weighted by Gasteiger charge is 2.44. The molecular formula is C14H16O2. The topological polar surface area (TPSA) is 18.5 Å². The van der Waals surface area contributed by atoms with Gasteiger partial charge in [0.1, 0.15) is 0 Å². The highest BCUT2D eigenvalue weighted by Crippen LogP contribution is 2.38. The third kappa shape index (κ3) is 1.65. The zero-order valence-corrected chi connectivity index (χ0v) is 9.37. The summed E-state index contributed by atoms with van der Waals surface area (Å²) in [5, 5.41) is 0. The molecule has 0 radical (unpaired) electrons. The second kappa shape index (κ2) is 4.54. The molecule has 0 aromatic heterocycles. The van der Waals surface area contributed by atoms with Gasteiger partial charge >= 0.3 is 0 Å². The zero-order chi connectivity index (χ0) is 11.4. The van der Waals surface area contributed by atoms with E-state index in [4.69, 9.17) is 9.47 Å². The molecular weight excluding hydrogens is 200 g/mol. The van der Waals surface area contributed by atoms with Gasteiger partial charge in [-0.2, -0.15) is 0 Å². The Bertz CT molecular complexity index is 322. The first-order chi connectivity index (χ1) is 7.83. The van der Waals surface area contributed by atoms with Gasteiger partial charge in [0, 0.05) is 7.11 Å². The molecule has 0 saturated heterocycles. The minimum atomic E-state index is -0.714. The molecule has 0 aromatic rings. The molecule has 0 spiro atoms. The Balaban J connectivity index is 2.32. The summed E-state index contributed by atoms with van der Waals surface area (Å²) >= 11 is 0. The van der Waals surface area contributed by atoms with Crippen molar-refractivity contribution in [3.8, 4) is 0 Å². The lowest BCUT2D eigenvalue weighted by Gasteiger charge is -2.38. The van der Waals surface area contributed by atoms with E-state index in [0.29, 0.717) is 0 Å². The molecule has 2 heteroatoms. The molecule has 0 fully saturated rings. The van der Waals surface area contributed by atoms with E-state index >= 15 is 0 Å². The van der Waals surface area contributed by atoms with Gasteiger partial charge in [-0.05, 0) is 0 Å². The van der Waals surface area contributed by atoms with Crippen LogP contribution in [0.15, 0.2) is 61.4 Å². The number of hydrogen-bond donors (Lipinski definition) is 0. The number of hydrogen-bond acceptors (Lipinski definition) is 2. The number of rotatable bonds is 5. The van der Waals surface area contributed by atoms with Crippen molar-refractivity contribution >= 4 is 0 Å². The van der Waals surface area contributed by atoms with Crippen LogP contribution in [-0.2, 0) is 9.47 Å². The molecule has 0 heterocycles. The number of methoxy groups -OCH3 is 1. The van der Waals surface area contributed by atoms with Crippen LogP contribution in [0.5, 0.6) is 0 Å². The summed E-state index contributed by atoms with van der Waals surface area (Å²) in [6, 6.07) is 0. The second-order valence-electron chi connectivity index (χ2n) is 3.80. The number of allylic oxidation sites excluding steroid dienone is 4. The normalized spacial score (nSPS) is 19.8. The van der Waals surface area contributed by atoms with Gasteiger partial charge < -0.3 is 9.47 Å². The predicted octanol–water partition coefficient (Wildman–Crippen LogP) is 2.97. The summed E-state index contributed by atoms with van der Waals surface area (Å²) in [6.45, 7) is 3.64. The van der Waals surface area contributed by atoms with Crippen molar-refractivity contribution < 1.29 is 9.47 Å². The van der Waals surface area contributed by atoms with Crippen molar-refractivity contribution in [2.24, 2.45) is 11.8 Å².